The number of anilines is 1. The molecule has 0 aliphatic carbocycles. The van der Waals surface area contributed by atoms with E-state index in [2.05, 4.69) is 5.32 Å². The lowest BCUT2D eigenvalue weighted by molar-refractivity contribution is -0.139. The molecule has 0 heterocycles. The van der Waals surface area contributed by atoms with Gasteiger partial charge in [0, 0.05) is 25.0 Å². The van der Waals surface area contributed by atoms with Crippen LogP contribution in [-0.2, 0) is 32.6 Å². The van der Waals surface area contributed by atoms with E-state index in [9.17, 15) is 18.0 Å². The number of halogens is 1. The van der Waals surface area contributed by atoms with Crippen molar-refractivity contribution in [2.24, 2.45) is 0 Å². The number of methoxy groups -OCH3 is 1. The summed E-state index contributed by atoms with van der Waals surface area (Å²) < 4.78 is 34.6. The lowest BCUT2D eigenvalue weighted by Gasteiger charge is -2.33. The number of aryl methyl sites for hydroxylation is 2. The van der Waals surface area contributed by atoms with Gasteiger partial charge in [-0.15, -0.1) is 0 Å². The van der Waals surface area contributed by atoms with Gasteiger partial charge in [0.05, 0.1) is 17.7 Å². The summed E-state index contributed by atoms with van der Waals surface area (Å²) in [4.78, 5) is 29.2. The molecule has 0 saturated heterocycles. The first-order valence-corrected chi connectivity index (χ1v) is 15.9. The maximum atomic E-state index is 14.4. The summed E-state index contributed by atoms with van der Waals surface area (Å²) in [7, 11) is -1.16. The summed E-state index contributed by atoms with van der Waals surface area (Å²) in [6.07, 6.45) is 0.220. The van der Waals surface area contributed by atoms with E-state index in [1.165, 1.54) is 30.1 Å². The molecule has 1 atom stereocenters. The molecule has 0 spiro atoms. The molecule has 2 amide bonds. The van der Waals surface area contributed by atoms with Crippen molar-refractivity contribution in [1.82, 2.24) is 10.2 Å². The second kappa shape index (κ2) is 14.4. The van der Waals surface area contributed by atoms with Crippen LogP contribution in [0.1, 0.15) is 22.3 Å². The molecule has 0 unspecified atom stereocenters. The number of nitrogens with one attached hydrogen (secondary N) is 1. The van der Waals surface area contributed by atoms with E-state index in [1.807, 2.05) is 50.2 Å². The number of benzene rings is 4. The maximum absolute atomic E-state index is 14.4. The number of likely N-dealkylation sites (N-methyl/N-ethyl adjacent to an activating group) is 1. The smallest absolute Gasteiger partial charge is 0.264 e. The van der Waals surface area contributed by atoms with Gasteiger partial charge in [-0.1, -0.05) is 77.8 Å². The Morgan fingerprint density at radius 1 is 0.886 bits per heavy atom. The van der Waals surface area contributed by atoms with Gasteiger partial charge in [-0.25, -0.2) is 8.42 Å². The Labute approximate surface area is 264 Å². The Morgan fingerprint density at radius 2 is 1.57 bits per heavy atom. The van der Waals surface area contributed by atoms with Crippen molar-refractivity contribution >= 4 is 39.1 Å². The van der Waals surface area contributed by atoms with Gasteiger partial charge in [0.25, 0.3) is 10.0 Å². The highest BCUT2D eigenvalue weighted by molar-refractivity contribution is 7.92. The van der Waals surface area contributed by atoms with Crippen molar-refractivity contribution in [3.8, 4) is 5.75 Å². The molecular weight excluding hydrogens is 598 g/mol. The van der Waals surface area contributed by atoms with E-state index >= 15 is 0 Å². The van der Waals surface area contributed by atoms with Gasteiger partial charge in [0.1, 0.15) is 18.3 Å². The van der Waals surface area contributed by atoms with Gasteiger partial charge < -0.3 is 15.0 Å². The van der Waals surface area contributed by atoms with Crippen LogP contribution in [-0.4, -0.2) is 51.9 Å². The summed E-state index contributed by atoms with van der Waals surface area (Å²) >= 11 is 6.43. The predicted octanol–water partition coefficient (Wildman–Crippen LogP) is 5.55. The molecule has 0 aliphatic heterocycles. The average molecular weight is 634 g/mol. The van der Waals surface area contributed by atoms with Crippen molar-refractivity contribution in [2.75, 3.05) is 25.0 Å². The molecular formula is C34H36ClN3O5S. The molecule has 0 aliphatic rings. The van der Waals surface area contributed by atoms with Crippen LogP contribution in [0.2, 0.25) is 5.02 Å². The van der Waals surface area contributed by atoms with Gasteiger partial charge in [0.2, 0.25) is 11.8 Å². The van der Waals surface area contributed by atoms with E-state index < -0.39 is 28.5 Å². The first-order valence-electron chi connectivity index (χ1n) is 14.1. The number of rotatable bonds is 12. The Kier molecular flexibility index (Phi) is 10.7. The Morgan fingerprint density at radius 3 is 2.20 bits per heavy atom. The molecule has 10 heteroatoms. The Hall–Kier alpha value is -4.34. The van der Waals surface area contributed by atoms with Crippen LogP contribution in [0, 0.1) is 13.8 Å². The number of hydrogen-bond donors (Lipinski definition) is 1. The predicted molar refractivity (Wildman–Crippen MR) is 173 cm³/mol. The van der Waals surface area contributed by atoms with Gasteiger partial charge in [-0.05, 0) is 66.9 Å². The molecule has 0 radical (unpaired) electrons. The van der Waals surface area contributed by atoms with Crippen molar-refractivity contribution in [1.29, 1.82) is 0 Å². The summed E-state index contributed by atoms with van der Waals surface area (Å²) in [5.74, 6) is -0.353. The fraction of sp³-hybridized carbons (Fsp3) is 0.235. The zero-order valence-corrected chi connectivity index (χ0v) is 26.7. The van der Waals surface area contributed by atoms with E-state index in [0.717, 1.165) is 21.0 Å². The van der Waals surface area contributed by atoms with E-state index in [1.54, 1.807) is 49.6 Å². The third-order valence-electron chi connectivity index (χ3n) is 7.34. The molecule has 0 fully saturated rings. The molecule has 4 aromatic carbocycles. The highest BCUT2D eigenvalue weighted by Crippen LogP contribution is 2.29. The standard InChI is InChI=1S/C34H36ClN3O5S/c1-24-13-17-30(18-14-24)44(41,42)38(28-16-15-25(2)31(35)21-28)23-33(39)37(22-27-11-8-12-29(19-27)43-4)32(34(40)36-3)20-26-9-6-5-7-10-26/h5-19,21,32H,20,22-23H2,1-4H3,(H,36,40)/t32-/m0/s1. The third kappa shape index (κ3) is 7.78. The Balaban J connectivity index is 1.81. The van der Waals surface area contributed by atoms with Crippen LogP contribution in [0.5, 0.6) is 5.75 Å². The van der Waals surface area contributed by atoms with Gasteiger partial charge in [-0.3, -0.25) is 13.9 Å². The van der Waals surface area contributed by atoms with Gasteiger partial charge in [0.15, 0.2) is 0 Å². The molecule has 0 saturated carbocycles. The molecule has 1 N–H and O–H groups in total. The second-order valence-electron chi connectivity index (χ2n) is 10.5. The van der Waals surface area contributed by atoms with Crippen LogP contribution in [0.25, 0.3) is 0 Å². The molecule has 0 aromatic heterocycles. The number of sulfonamides is 1. The number of carbonyl (C=O) groups is 2. The first kappa shape index (κ1) is 32.6. The number of ether oxygens (including phenoxy) is 1. The Bertz CT molecular complexity index is 1710. The number of carbonyl (C=O) groups excluding carboxylic acids is 2. The number of hydrogen-bond acceptors (Lipinski definition) is 5. The minimum atomic E-state index is -4.22. The minimum absolute atomic E-state index is 0.0269. The molecule has 8 nitrogen and oxygen atoms in total. The summed E-state index contributed by atoms with van der Waals surface area (Å²) in [6, 6.07) is 26.9. The summed E-state index contributed by atoms with van der Waals surface area (Å²) in [5.41, 5.74) is 3.45. The molecule has 230 valence electrons. The van der Waals surface area contributed by atoms with E-state index in [4.69, 9.17) is 16.3 Å². The van der Waals surface area contributed by atoms with Crippen LogP contribution in [0.4, 0.5) is 5.69 Å². The van der Waals surface area contributed by atoms with Crippen LogP contribution >= 0.6 is 11.6 Å². The zero-order chi connectivity index (χ0) is 31.9. The lowest BCUT2D eigenvalue weighted by Crippen LogP contribution is -2.53. The highest BCUT2D eigenvalue weighted by atomic mass is 35.5. The van der Waals surface area contributed by atoms with Crippen LogP contribution in [0.15, 0.2) is 102 Å². The van der Waals surface area contributed by atoms with Gasteiger partial charge >= 0.3 is 0 Å². The number of nitrogens with zero attached hydrogens (tertiary/aromatic N) is 2. The molecule has 0 bridgehead atoms. The molecule has 44 heavy (non-hydrogen) atoms. The lowest BCUT2D eigenvalue weighted by atomic mass is 10.0. The SMILES string of the molecule is CNC(=O)[C@H](Cc1ccccc1)N(Cc1cccc(OC)c1)C(=O)CN(c1ccc(C)c(Cl)c1)S(=O)(=O)c1ccc(C)cc1. The normalized spacial score (nSPS) is 11.8. The summed E-state index contributed by atoms with van der Waals surface area (Å²) in [5, 5.41) is 3.04. The fourth-order valence-electron chi connectivity index (χ4n) is 4.79. The fourth-order valence-corrected chi connectivity index (χ4v) is 6.37. The maximum Gasteiger partial charge on any atom is 0.264 e. The first-order chi connectivity index (χ1) is 21.0. The largest absolute Gasteiger partial charge is 0.497 e. The van der Waals surface area contributed by atoms with Crippen molar-refractivity contribution in [2.45, 2.75) is 37.8 Å². The van der Waals surface area contributed by atoms with E-state index in [0.29, 0.717) is 16.3 Å². The average Bonchev–Trinajstić information content (AvgIpc) is 3.03. The number of amides is 2. The van der Waals surface area contributed by atoms with E-state index in [-0.39, 0.29) is 29.5 Å². The monoisotopic (exact) mass is 633 g/mol. The van der Waals surface area contributed by atoms with Gasteiger partial charge in [-0.2, -0.15) is 0 Å². The topological polar surface area (TPSA) is 96.0 Å². The molecule has 4 aromatic rings. The zero-order valence-electron chi connectivity index (χ0n) is 25.2. The van der Waals surface area contributed by atoms with Crippen molar-refractivity contribution in [3.05, 3.63) is 124 Å². The quantitative estimate of drug-likeness (QED) is 0.221. The summed E-state index contributed by atoms with van der Waals surface area (Å²) in [6.45, 7) is 3.14. The molecule has 4 rings (SSSR count). The second-order valence-corrected chi connectivity index (χ2v) is 12.7. The minimum Gasteiger partial charge on any atom is -0.497 e. The third-order valence-corrected chi connectivity index (χ3v) is 9.53. The van der Waals surface area contributed by atoms with Crippen molar-refractivity contribution < 1.29 is 22.7 Å². The highest BCUT2D eigenvalue weighted by Gasteiger charge is 2.34. The van der Waals surface area contributed by atoms with Crippen LogP contribution < -0.4 is 14.4 Å². The van der Waals surface area contributed by atoms with Crippen LogP contribution in [0.3, 0.4) is 0 Å². The van der Waals surface area contributed by atoms with Crippen molar-refractivity contribution in [3.63, 3.8) is 0 Å².